The Morgan fingerprint density at radius 2 is 2.16 bits per heavy atom. The molecule has 1 aliphatic rings. The average molecular weight is 411 g/mol. The lowest BCUT2D eigenvalue weighted by Crippen LogP contribution is -2.25. The van der Waals surface area contributed by atoms with Crippen LogP contribution in [-0.4, -0.2) is 24.7 Å². The highest BCUT2D eigenvalue weighted by Crippen LogP contribution is 2.38. The van der Waals surface area contributed by atoms with E-state index in [-0.39, 0.29) is 6.04 Å². The molecule has 0 spiro atoms. The third-order valence-corrected chi connectivity index (χ3v) is 5.72. The lowest BCUT2D eigenvalue weighted by molar-refractivity contribution is 0.199. The van der Waals surface area contributed by atoms with E-state index in [0.717, 1.165) is 35.3 Å². The minimum Gasteiger partial charge on any atom is -0.444 e. The normalized spacial score (nSPS) is 14.5. The molecule has 1 N–H and O–H groups in total. The molecule has 0 saturated heterocycles. The van der Waals surface area contributed by atoms with Gasteiger partial charge < -0.3 is 9.73 Å². The molecule has 5 rings (SSSR count). The van der Waals surface area contributed by atoms with Gasteiger partial charge >= 0.3 is 0 Å². The van der Waals surface area contributed by atoms with Gasteiger partial charge in [0.2, 0.25) is 5.95 Å². The van der Waals surface area contributed by atoms with E-state index in [1.807, 2.05) is 41.2 Å². The van der Waals surface area contributed by atoms with Crippen molar-refractivity contribution in [2.75, 3.05) is 5.32 Å². The van der Waals surface area contributed by atoms with Crippen LogP contribution in [0.2, 0.25) is 0 Å². The number of hydrogen-bond donors (Lipinski definition) is 1. The van der Waals surface area contributed by atoms with Gasteiger partial charge in [0.05, 0.1) is 36.6 Å². The van der Waals surface area contributed by atoms with E-state index in [4.69, 9.17) is 4.42 Å². The largest absolute Gasteiger partial charge is 0.444 e. The molecule has 1 aliphatic carbocycles. The molecule has 0 bridgehead atoms. The van der Waals surface area contributed by atoms with Gasteiger partial charge in [0.15, 0.2) is 12.2 Å². The SMILES string of the molecule is N#CCC(C1CCC1)n1cc(-c2ccnc(Nc3cccc(-c4cnco4)c3)n2)cn1. The highest BCUT2D eigenvalue weighted by Gasteiger charge is 2.29. The zero-order valence-electron chi connectivity index (χ0n) is 16.8. The second kappa shape index (κ2) is 8.40. The minimum absolute atomic E-state index is 0.130. The molecule has 3 heterocycles. The van der Waals surface area contributed by atoms with Gasteiger partial charge in [-0.25, -0.2) is 15.0 Å². The van der Waals surface area contributed by atoms with Crippen molar-refractivity contribution in [2.24, 2.45) is 5.92 Å². The van der Waals surface area contributed by atoms with Crippen molar-refractivity contribution in [3.8, 4) is 28.7 Å². The molecule has 1 saturated carbocycles. The number of anilines is 2. The Balaban J connectivity index is 1.36. The molecule has 1 aromatic carbocycles. The summed E-state index contributed by atoms with van der Waals surface area (Å²) < 4.78 is 7.30. The third-order valence-electron chi connectivity index (χ3n) is 5.72. The summed E-state index contributed by atoms with van der Waals surface area (Å²) in [5.74, 6) is 1.73. The average Bonchev–Trinajstić information content (AvgIpc) is 3.45. The standard InChI is InChI=1S/C23H21N7O/c24-9-7-21(16-3-1-4-16)30-14-18(12-27-30)20-8-10-26-23(29-20)28-19-6-2-5-17(11-19)22-13-25-15-31-22/h2,5-6,8,10-16,21H,1,3-4,7H2,(H,26,28,29). The fourth-order valence-electron chi connectivity index (χ4n) is 3.86. The van der Waals surface area contributed by atoms with E-state index in [9.17, 15) is 5.26 Å². The van der Waals surface area contributed by atoms with Crippen molar-refractivity contribution < 1.29 is 4.42 Å². The maximum Gasteiger partial charge on any atom is 0.227 e. The van der Waals surface area contributed by atoms with E-state index in [2.05, 4.69) is 31.4 Å². The Labute approximate surface area is 179 Å². The summed E-state index contributed by atoms with van der Waals surface area (Å²) in [4.78, 5) is 13.0. The zero-order chi connectivity index (χ0) is 21.0. The van der Waals surface area contributed by atoms with Crippen molar-refractivity contribution >= 4 is 11.6 Å². The molecule has 8 nitrogen and oxygen atoms in total. The summed E-state index contributed by atoms with van der Waals surface area (Å²) >= 11 is 0. The summed E-state index contributed by atoms with van der Waals surface area (Å²) in [6.45, 7) is 0. The smallest absolute Gasteiger partial charge is 0.227 e. The summed E-state index contributed by atoms with van der Waals surface area (Å²) in [5, 5.41) is 17.0. The Hall–Kier alpha value is -3.99. The van der Waals surface area contributed by atoms with E-state index in [1.165, 1.54) is 12.8 Å². The second-order valence-corrected chi connectivity index (χ2v) is 7.67. The Kier molecular flexibility index (Phi) is 5.15. The van der Waals surface area contributed by atoms with Crippen LogP contribution in [0.5, 0.6) is 0 Å². The molecule has 1 unspecified atom stereocenters. The van der Waals surface area contributed by atoms with Gasteiger partial charge in [-0.05, 0) is 37.0 Å². The van der Waals surface area contributed by atoms with Crippen LogP contribution < -0.4 is 5.32 Å². The van der Waals surface area contributed by atoms with Crippen LogP contribution in [0.4, 0.5) is 11.6 Å². The molecule has 8 heteroatoms. The van der Waals surface area contributed by atoms with Gasteiger partial charge in [-0.15, -0.1) is 0 Å². The molecular formula is C23H21N7O. The van der Waals surface area contributed by atoms with E-state index in [0.29, 0.717) is 24.0 Å². The van der Waals surface area contributed by atoms with Crippen molar-refractivity contribution in [3.63, 3.8) is 0 Å². The Bertz CT molecular complexity index is 1200. The first kappa shape index (κ1) is 19.0. The van der Waals surface area contributed by atoms with Gasteiger partial charge in [0, 0.05) is 29.2 Å². The van der Waals surface area contributed by atoms with Gasteiger partial charge in [-0.3, -0.25) is 4.68 Å². The van der Waals surface area contributed by atoms with Crippen molar-refractivity contribution in [3.05, 3.63) is 61.5 Å². The fraction of sp³-hybridized carbons (Fsp3) is 0.261. The first-order valence-electron chi connectivity index (χ1n) is 10.3. The summed E-state index contributed by atoms with van der Waals surface area (Å²) in [6, 6.07) is 12.1. The summed E-state index contributed by atoms with van der Waals surface area (Å²) in [6.07, 6.45) is 12.6. The number of benzene rings is 1. The van der Waals surface area contributed by atoms with Gasteiger partial charge in [-0.1, -0.05) is 18.6 Å². The van der Waals surface area contributed by atoms with E-state index >= 15 is 0 Å². The van der Waals surface area contributed by atoms with Crippen LogP contribution >= 0.6 is 0 Å². The summed E-state index contributed by atoms with van der Waals surface area (Å²) in [5.41, 5.74) is 3.45. The zero-order valence-corrected chi connectivity index (χ0v) is 16.8. The second-order valence-electron chi connectivity index (χ2n) is 7.67. The molecule has 3 aromatic heterocycles. The number of hydrogen-bond acceptors (Lipinski definition) is 7. The first-order valence-corrected chi connectivity index (χ1v) is 10.3. The van der Waals surface area contributed by atoms with Crippen molar-refractivity contribution in [2.45, 2.75) is 31.7 Å². The monoisotopic (exact) mass is 411 g/mol. The molecule has 0 aliphatic heterocycles. The minimum atomic E-state index is 0.130. The third kappa shape index (κ3) is 4.03. The number of nitrogens with one attached hydrogen (secondary N) is 1. The van der Waals surface area contributed by atoms with Crippen LogP contribution in [0.3, 0.4) is 0 Å². The molecule has 1 atom stereocenters. The van der Waals surface area contributed by atoms with Crippen LogP contribution in [0.25, 0.3) is 22.6 Å². The van der Waals surface area contributed by atoms with Crippen LogP contribution in [0, 0.1) is 17.2 Å². The molecule has 1 fully saturated rings. The maximum atomic E-state index is 9.22. The van der Waals surface area contributed by atoms with Crippen LogP contribution in [-0.2, 0) is 0 Å². The van der Waals surface area contributed by atoms with E-state index < -0.39 is 0 Å². The topological polar surface area (TPSA) is 105 Å². The lowest BCUT2D eigenvalue weighted by atomic mass is 9.79. The molecular weight excluding hydrogens is 390 g/mol. The van der Waals surface area contributed by atoms with Crippen LogP contribution in [0.15, 0.2) is 65.9 Å². The van der Waals surface area contributed by atoms with Crippen molar-refractivity contribution in [1.29, 1.82) is 5.26 Å². The molecule has 0 radical (unpaired) electrons. The molecule has 154 valence electrons. The van der Waals surface area contributed by atoms with Gasteiger partial charge in [-0.2, -0.15) is 10.4 Å². The summed E-state index contributed by atoms with van der Waals surface area (Å²) in [7, 11) is 0. The number of oxazole rings is 1. The van der Waals surface area contributed by atoms with Crippen molar-refractivity contribution in [1.82, 2.24) is 24.7 Å². The van der Waals surface area contributed by atoms with Crippen LogP contribution in [0.1, 0.15) is 31.7 Å². The number of aromatic nitrogens is 5. The molecule has 31 heavy (non-hydrogen) atoms. The number of rotatable bonds is 7. The quantitative estimate of drug-likeness (QED) is 0.456. The maximum absolute atomic E-state index is 9.22. The fourth-order valence-corrected chi connectivity index (χ4v) is 3.86. The first-order chi connectivity index (χ1) is 15.3. The molecule has 0 amide bonds. The van der Waals surface area contributed by atoms with E-state index in [1.54, 1.807) is 18.6 Å². The highest BCUT2D eigenvalue weighted by molar-refractivity contribution is 5.66. The highest BCUT2D eigenvalue weighted by atomic mass is 16.3. The lowest BCUT2D eigenvalue weighted by Gasteiger charge is -2.32. The van der Waals surface area contributed by atoms with Gasteiger partial charge in [0.25, 0.3) is 0 Å². The Morgan fingerprint density at radius 1 is 1.23 bits per heavy atom. The number of nitriles is 1. The number of nitrogens with zero attached hydrogens (tertiary/aromatic N) is 6. The van der Waals surface area contributed by atoms with Gasteiger partial charge in [0.1, 0.15) is 0 Å². The predicted octanol–water partition coefficient (Wildman–Crippen LogP) is 4.99. The predicted molar refractivity (Wildman–Crippen MR) is 115 cm³/mol. The molecule has 4 aromatic rings. The Morgan fingerprint density at radius 3 is 2.94 bits per heavy atom.